The fourth-order valence-electron chi connectivity index (χ4n) is 1.73. The number of halogens is 2. The molecule has 0 aliphatic heterocycles. The standard InChI is InChI=1S/C15H14Cl2N2O2/c1-19(2)15(20)9-3-4-13(18)14(5-9)21-12-7-10(16)6-11(17)8-12/h3-8H,18H2,1-2H3. The Morgan fingerprint density at radius 1 is 1.10 bits per heavy atom. The van der Waals surface area contributed by atoms with Crippen LogP contribution in [0.5, 0.6) is 11.5 Å². The monoisotopic (exact) mass is 324 g/mol. The lowest BCUT2D eigenvalue weighted by Gasteiger charge is -2.13. The number of anilines is 1. The van der Waals surface area contributed by atoms with Gasteiger partial charge in [0.2, 0.25) is 0 Å². The normalized spacial score (nSPS) is 10.3. The maximum atomic E-state index is 12.0. The van der Waals surface area contributed by atoms with Crippen LogP contribution in [0.4, 0.5) is 5.69 Å². The molecule has 0 aromatic heterocycles. The third kappa shape index (κ3) is 3.80. The van der Waals surface area contributed by atoms with Crippen LogP contribution >= 0.6 is 23.2 Å². The first-order valence-electron chi connectivity index (χ1n) is 6.12. The van der Waals surface area contributed by atoms with Crippen molar-refractivity contribution in [2.75, 3.05) is 19.8 Å². The van der Waals surface area contributed by atoms with Crippen LogP contribution in [-0.2, 0) is 0 Å². The molecule has 0 bridgehead atoms. The molecule has 0 aliphatic carbocycles. The zero-order valence-corrected chi connectivity index (χ0v) is 13.1. The zero-order valence-electron chi connectivity index (χ0n) is 11.6. The highest BCUT2D eigenvalue weighted by Crippen LogP contribution is 2.32. The van der Waals surface area contributed by atoms with Crippen molar-refractivity contribution in [1.29, 1.82) is 0 Å². The smallest absolute Gasteiger partial charge is 0.253 e. The first-order valence-corrected chi connectivity index (χ1v) is 6.87. The van der Waals surface area contributed by atoms with Gasteiger partial charge in [0.25, 0.3) is 5.91 Å². The quantitative estimate of drug-likeness (QED) is 0.866. The van der Waals surface area contributed by atoms with E-state index in [1.165, 1.54) is 4.90 Å². The number of rotatable bonds is 3. The van der Waals surface area contributed by atoms with E-state index >= 15 is 0 Å². The van der Waals surface area contributed by atoms with Crippen LogP contribution in [0.3, 0.4) is 0 Å². The molecule has 1 amide bonds. The number of nitrogens with zero attached hydrogens (tertiary/aromatic N) is 1. The largest absolute Gasteiger partial charge is 0.455 e. The van der Waals surface area contributed by atoms with Gasteiger partial charge in [-0.3, -0.25) is 4.79 Å². The van der Waals surface area contributed by atoms with Gasteiger partial charge in [-0.2, -0.15) is 0 Å². The van der Waals surface area contributed by atoms with Gasteiger partial charge in [0, 0.05) is 29.7 Å². The molecule has 0 unspecified atom stereocenters. The molecule has 0 radical (unpaired) electrons. The molecule has 0 saturated carbocycles. The summed E-state index contributed by atoms with van der Waals surface area (Å²) in [6, 6.07) is 9.70. The summed E-state index contributed by atoms with van der Waals surface area (Å²) in [5, 5.41) is 0.910. The van der Waals surface area contributed by atoms with Crippen molar-refractivity contribution in [2.45, 2.75) is 0 Å². The molecule has 21 heavy (non-hydrogen) atoms. The van der Waals surface area contributed by atoms with Crippen molar-refractivity contribution in [3.05, 3.63) is 52.0 Å². The van der Waals surface area contributed by atoms with Gasteiger partial charge in [-0.05, 0) is 36.4 Å². The first-order chi connectivity index (χ1) is 9.86. The Hall–Kier alpha value is -1.91. The van der Waals surface area contributed by atoms with Crippen LogP contribution in [0.1, 0.15) is 10.4 Å². The summed E-state index contributed by atoms with van der Waals surface area (Å²) in [5.74, 6) is 0.693. The predicted molar refractivity (Wildman–Crippen MR) is 85.4 cm³/mol. The van der Waals surface area contributed by atoms with Gasteiger partial charge in [0.15, 0.2) is 5.75 Å². The van der Waals surface area contributed by atoms with Crippen molar-refractivity contribution in [3.63, 3.8) is 0 Å². The third-order valence-corrected chi connectivity index (χ3v) is 3.17. The first kappa shape index (κ1) is 15.5. The number of nitrogen functional groups attached to an aromatic ring is 1. The van der Waals surface area contributed by atoms with Crippen molar-refractivity contribution in [2.24, 2.45) is 0 Å². The molecule has 2 aromatic carbocycles. The Balaban J connectivity index is 2.35. The number of hydrogen-bond acceptors (Lipinski definition) is 3. The molecule has 2 N–H and O–H groups in total. The third-order valence-electron chi connectivity index (χ3n) is 2.73. The summed E-state index contributed by atoms with van der Waals surface area (Å²) in [7, 11) is 3.35. The number of amides is 1. The Bertz CT molecular complexity index is 667. The molecule has 0 atom stereocenters. The van der Waals surface area contributed by atoms with Gasteiger partial charge in [0.1, 0.15) is 5.75 Å². The van der Waals surface area contributed by atoms with Crippen molar-refractivity contribution in [3.8, 4) is 11.5 Å². The highest BCUT2D eigenvalue weighted by molar-refractivity contribution is 6.34. The lowest BCUT2D eigenvalue weighted by molar-refractivity contribution is 0.0827. The van der Waals surface area contributed by atoms with Crippen molar-refractivity contribution < 1.29 is 9.53 Å². The maximum absolute atomic E-state index is 12.0. The molecule has 4 nitrogen and oxygen atoms in total. The number of benzene rings is 2. The second kappa shape index (κ2) is 6.24. The van der Waals surface area contributed by atoms with Gasteiger partial charge >= 0.3 is 0 Å². The Kier molecular flexibility index (Phi) is 4.60. The summed E-state index contributed by atoms with van der Waals surface area (Å²) in [4.78, 5) is 13.4. The molecule has 2 rings (SSSR count). The molecule has 0 aliphatic rings. The van der Waals surface area contributed by atoms with E-state index in [-0.39, 0.29) is 5.91 Å². The lowest BCUT2D eigenvalue weighted by Crippen LogP contribution is -2.21. The minimum Gasteiger partial charge on any atom is -0.455 e. The van der Waals surface area contributed by atoms with E-state index in [1.54, 1.807) is 50.5 Å². The van der Waals surface area contributed by atoms with Gasteiger partial charge < -0.3 is 15.4 Å². The number of carbonyl (C=O) groups excluding carboxylic acids is 1. The topological polar surface area (TPSA) is 55.6 Å². The second-order valence-corrected chi connectivity index (χ2v) is 5.53. The fourth-order valence-corrected chi connectivity index (χ4v) is 2.23. The molecule has 0 heterocycles. The van der Waals surface area contributed by atoms with E-state index < -0.39 is 0 Å². The molecule has 110 valence electrons. The fraction of sp³-hybridized carbons (Fsp3) is 0.133. The predicted octanol–water partition coefficient (Wildman–Crippen LogP) is 4.07. The van der Waals surface area contributed by atoms with Crippen molar-refractivity contribution in [1.82, 2.24) is 4.90 Å². The molecule has 0 fully saturated rings. The minimum atomic E-state index is -0.135. The Labute approximate surface area is 133 Å². The number of carbonyl (C=O) groups is 1. The minimum absolute atomic E-state index is 0.135. The average molecular weight is 325 g/mol. The van der Waals surface area contributed by atoms with E-state index in [0.717, 1.165) is 0 Å². The molecular weight excluding hydrogens is 311 g/mol. The number of hydrogen-bond donors (Lipinski definition) is 1. The summed E-state index contributed by atoms with van der Waals surface area (Å²) in [5.41, 5.74) is 6.78. The van der Waals surface area contributed by atoms with Crippen LogP contribution in [0.15, 0.2) is 36.4 Å². The number of ether oxygens (including phenoxy) is 1. The zero-order chi connectivity index (χ0) is 15.6. The lowest BCUT2D eigenvalue weighted by atomic mass is 10.1. The Morgan fingerprint density at radius 3 is 2.29 bits per heavy atom. The molecular formula is C15H14Cl2N2O2. The van der Waals surface area contributed by atoms with E-state index in [9.17, 15) is 4.79 Å². The van der Waals surface area contributed by atoms with E-state index in [2.05, 4.69) is 0 Å². The van der Waals surface area contributed by atoms with Gasteiger partial charge in [-0.25, -0.2) is 0 Å². The molecule has 0 saturated heterocycles. The highest BCUT2D eigenvalue weighted by atomic mass is 35.5. The van der Waals surface area contributed by atoms with Crippen molar-refractivity contribution >= 4 is 34.8 Å². The van der Waals surface area contributed by atoms with E-state index in [4.69, 9.17) is 33.7 Å². The van der Waals surface area contributed by atoms with E-state index in [0.29, 0.717) is 32.8 Å². The van der Waals surface area contributed by atoms with Crippen LogP contribution in [0.2, 0.25) is 10.0 Å². The summed E-state index contributed by atoms with van der Waals surface area (Å²) in [6.07, 6.45) is 0. The highest BCUT2D eigenvalue weighted by Gasteiger charge is 2.12. The summed E-state index contributed by atoms with van der Waals surface area (Å²) < 4.78 is 5.68. The SMILES string of the molecule is CN(C)C(=O)c1ccc(N)c(Oc2cc(Cl)cc(Cl)c2)c1. The maximum Gasteiger partial charge on any atom is 0.253 e. The van der Waals surface area contributed by atoms with Gasteiger partial charge in [0.05, 0.1) is 5.69 Å². The van der Waals surface area contributed by atoms with Gasteiger partial charge in [-0.1, -0.05) is 23.2 Å². The van der Waals surface area contributed by atoms with Crippen LogP contribution in [0, 0.1) is 0 Å². The molecule has 0 spiro atoms. The molecule has 2 aromatic rings. The average Bonchev–Trinajstić information content (AvgIpc) is 2.39. The number of nitrogens with two attached hydrogens (primary N) is 1. The summed E-state index contributed by atoms with van der Waals surface area (Å²) >= 11 is 11.8. The van der Waals surface area contributed by atoms with Crippen LogP contribution in [-0.4, -0.2) is 24.9 Å². The van der Waals surface area contributed by atoms with Gasteiger partial charge in [-0.15, -0.1) is 0 Å². The Morgan fingerprint density at radius 2 is 1.71 bits per heavy atom. The van der Waals surface area contributed by atoms with Crippen LogP contribution < -0.4 is 10.5 Å². The van der Waals surface area contributed by atoms with E-state index in [1.807, 2.05) is 0 Å². The summed E-state index contributed by atoms with van der Waals surface area (Å²) in [6.45, 7) is 0. The second-order valence-electron chi connectivity index (χ2n) is 4.66. The molecule has 6 heteroatoms. The van der Waals surface area contributed by atoms with Crippen LogP contribution in [0.25, 0.3) is 0 Å².